The van der Waals surface area contributed by atoms with Gasteiger partial charge in [-0.05, 0) is 30.7 Å². The molecule has 20 heavy (non-hydrogen) atoms. The van der Waals surface area contributed by atoms with Crippen LogP contribution in [-0.4, -0.2) is 9.97 Å². The van der Waals surface area contributed by atoms with Gasteiger partial charge >= 0.3 is 0 Å². The highest BCUT2D eigenvalue weighted by Crippen LogP contribution is 2.21. The summed E-state index contributed by atoms with van der Waals surface area (Å²) >= 11 is 0. The molecule has 3 N–H and O–H groups in total. The quantitative estimate of drug-likeness (QED) is 0.563. The van der Waals surface area contributed by atoms with Gasteiger partial charge in [0.15, 0.2) is 0 Å². The monoisotopic (exact) mass is 264 g/mol. The molecule has 1 atom stereocenters. The fourth-order valence-electron chi connectivity index (χ4n) is 2.24. The zero-order chi connectivity index (χ0) is 13.9. The second-order valence-electron chi connectivity index (χ2n) is 4.76. The van der Waals surface area contributed by atoms with Gasteiger partial charge in [-0.25, -0.2) is 5.43 Å². The predicted molar refractivity (Wildman–Crippen MR) is 79.9 cm³/mol. The Morgan fingerprint density at radius 2 is 1.90 bits per heavy atom. The molecular formula is C16H16N4. The average Bonchev–Trinajstić information content (AvgIpc) is 2.50. The van der Waals surface area contributed by atoms with Crippen LogP contribution in [0.15, 0.2) is 54.7 Å². The number of benzene rings is 1. The molecule has 4 heteroatoms. The summed E-state index contributed by atoms with van der Waals surface area (Å²) in [5, 5.41) is 1.12. The molecule has 0 aliphatic rings. The van der Waals surface area contributed by atoms with Gasteiger partial charge in [0.2, 0.25) is 0 Å². The number of rotatable bonds is 3. The van der Waals surface area contributed by atoms with Crippen LogP contribution in [0.25, 0.3) is 10.9 Å². The Bertz CT molecular complexity index is 722. The molecule has 0 spiro atoms. The van der Waals surface area contributed by atoms with Gasteiger partial charge in [0.1, 0.15) is 0 Å². The van der Waals surface area contributed by atoms with Crippen LogP contribution >= 0.6 is 0 Å². The van der Waals surface area contributed by atoms with E-state index in [4.69, 9.17) is 5.84 Å². The highest BCUT2D eigenvalue weighted by atomic mass is 15.2. The molecule has 0 aliphatic heterocycles. The van der Waals surface area contributed by atoms with Gasteiger partial charge in [0.05, 0.1) is 17.3 Å². The third kappa shape index (κ3) is 2.39. The van der Waals surface area contributed by atoms with Crippen molar-refractivity contribution in [2.24, 2.45) is 5.84 Å². The largest absolute Gasteiger partial charge is 0.271 e. The molecule has 0 fully saturated rings. The smallest absolute Gasteiger partial charge is 0.0896 e. The lowest BCUT2D eigenvalue weighted by atomic mass is 10.0. The topological polar surface area (TPSA) is 63.8 Å². The first-order chi connectivity index (χ1) is 9.78. The SMILES string of the molecule is Cc1ccc(C(NN)c2ccc3ccccc3n2)cn1. The van der Waals surface area contributed by atoms with Crippen molar-refractivity contribution in [3.8, 4) is 0 Å². The minimum atomic E-state index is -0.160. The standard InChI is InChI=1S/C16H16N4/c1-11-6-7-13(10-18-11)16(20-17)15-9-8-12-4-2-3-5-14(12)19-15/h2-10,16,20H,17H2,1H3. The molecule has 0 bridgehead atoms. The Balaban J connectivity index is 2.04. The van der Waals surface area contributed by atoms with E-state index in [1.54, 1.807) is 0 Å². The first-order valence-corrected chi connectivity index (χ1v) is 6.52. The molecule has 0 radical (unpaired) electrons. The molecule has 1 aromatic carbocycles. The van der Waals surface area contributed by atoms with Crippen LogP contribution in [0.1, 0.15) is 23.0 Å². The average molecular weight is 264 g/mol. The molecule has 0 aliphatic carbocycles. The number of hydrogen-bond donors (Lipinski definition) is 2. The molecule has 3 aromatic rings. The summed E-state index contributed by atoms with van der Waals surface area (Å²) in [6.45, 7) is 1.96. The van der Waals surface area contributed by atoms with Gasteiger partial charge in [-0.1, -0.05) is 30.3 Å². The van der Waals surface area contributed by atoms with Crippen molar-refractivity contribution in [1.29, 1.82) is 0 Å². The van der Waals surface area contributed by atoms with Crippen molar-refractivity contribution in [1.82, 2.24) is 15.4 Å². The van der Waals surface area contributed by atoms with E-state index in [0.29, 0.717) is 0 Å². The molecule has 2 heterocycles. The number of aryl methyl sites for hydroxylation is 1. The van der Waals surface area contributed by atoms with Crippen LogP contribution in [-0.2, 0) is 0 Å². The van der Waals surface area contributed by atoms with Crippen molar-refractivity contribution >= 4 is 10.9 Å². The van der Waals surface area contributed by atoms with Crippen molar-refractivity contribution < 1.29 is 0 Å². The van der Waals surface area contributed by atoms with Gasteiger partial charge in [0.25, 0.3) is 0 Å². The number of fused-ring (bicyclic) bond motifs is 1. The van der Waals surface area contributed by atoms with Crippen molar-refractivity contribution in [2.45, 2.75) is 13.0 Å². The maximum absolute atomic E-state index is 5.70. The van der Waals surface area contributed by atoms with Crippen LogP contribution in [0, 0.1) is 6.92 Å². The van der Waals surface area contributed by atoms with Crippen LogP contribution < -0.4 is 11.3 Å². The predicted octanol–water partition coefficient (Wildman–Crippen LogP) is 2.49. The van der Waals surface area contributed by atoms with Crippen molar-refractivity contribution in [3.05, 3.63) is 71.7 Å². The molecule has 0 saturated heterocycles. The maximum atomic E-state index is 5.70. The van der Waals surface area contributed by atoms with E-state index >= 15 is 0 Å². The number of nitrogens with two attached hydrogens (primary N) is 1. The summed E-state index contributed by atoms with van der Waals surface area (Å²) in [6, 6.07) is 15.9. The molecular weight excluding hydrogens is 248 g/mol. The lowest BCUT2D eigenvalue weighted by Gasteiger charge is -2.16. The number of para-hydroxylation sites is 1. The minimum Gasteiger partial charge on any atom is -0.271 e. The van der Waals surface area contributed by atoms with Gasteiger partial charge < -0.3 is 0 Å². The van der Waals surface area contributed by atoms with Crippen molar-refractivity contribution in [3.63, 3.8) is 0 Å². The molecule has 100 valence electrons. The lowest BCUT2D eigenvalue weighted by Crippen LogP contribution is -2.29. The van der Waals surface area contributed by atoms with E-state index in [1.165, 1.54) is 0 Å². The lowest BCUT2D eigenvalue weighted by molar-refractivity contribution is 0.620. The summed E-state index contributed by atoms with van der Waals surface area (Å²) < 4.78 is 0. The van der Waals surface area contributed by atoms with E-state index in [9.17, 15) is 0 Å². The number of aromatic nitrogens is 2. The third-order valence-corrected chi connectivity index (χ3v) is 3.35. The Morgan fingerprint density at radius 1 is 1.05 bits per heavy atom. The van der Waals surface area contributed by atoms with Crippen LogP contribution in [0.3, 0.4) is 0 Å². The van der Waals surface area contributed by atoms with Gasteiger partial charge in [-0.2, -0.15) is 0 Å². The molecule has 3 rings (SSSR count). The Hall–Kier alpha value is -2.30. The van der Waals surface area contributed by atoms with E-state index in [1.807, 2.05) is 55.6 Å². The van der Waals surface area contributed by atoms with Gasteiger partial charge in [0, 0.05) is 17.3 Å². The number of nitrogens with one attached hydrogen (secondary N) is 1. The molecule has 0 saturated carbocycles. The van der Waals surface area contributed by atoms with Crippen LogP contribution in [0.4, 0.5) is 0 Å². The summed E-state index contributed by atoms with van der Waals surface area (Å²) in [5.74, 6) is 5.70. The Kier molecular flexibility index (Phi) is 3.41. The zero-order valence-corrected chi connectivity index (χ0v) is 11.2. The fraction of sp³-hybridized carbons (Fsp3) is 0.125. The summed E-state index contributed by atoms with van der Waals surface area (Å²) in [4.78, 5) is 8.99. The Labute approximate surface area is 117 Å². The van der Waals surface area contributed by atoms with Crippen LogP contribution in [0.2, 0.25) is 0 Å². The van der Waals surface area contributed by atoms with Crippen molar-refractivity contribution in [2.75, 3.05) is 0 Å². The summed E-state index contributed by atoms with van der Waals surface area (Å²) in [7, 11) is 0. The fourth-order valence-corrected chi connectivity index (χ4v) is 2.24. The summed E-state index contributed by atoms with van der Waals surface area (Å²) in [6.07, 6.45) is 1.83. The Morgan fingerprint density at radius 3 is 2.65 bits per heavy atom. The summed E-state index contributed by atoms with van der Waals surface area (Å²) in [5.41, 5.74) is 6.65. The number of hydrazine groups is 1. The van der Waals surface area contributed by atoms with E-state index < -0.39 is 0 Å². The van der Waals surface area contributed by atoms with Crippen LogP contribution in [0.5, 0.6) is 0 Å². The highest BCUT2D eigenvalue weighted by molar-refractivity contribution is 5.78. The normalized spacial score (nSPS) is 12.5. The van der Waals surface area contributed by atoms with E-state index in [-0.39, 0.29) is 6.04 Å². The molecule has 4 nitrogen and oxygen atoms in total. The second-order valence-corrected chi connectivity index (χ2v) is 4.76. The van der Waals surface area contributed by atoms with Gasteiger partial charge in [-0.3, -0.25) is 15.8 Å². The third-order valence-electron chi connectivity index (χ3n) is 3.35. The number of pyridine rings is 2. The first-order valence-electron chi connectivity index (χ1n) is 6.52. The molecule has 1 unspecified atom stereocenters. The first kappa shape index (κ1) is 12.7. The second kappa shape index (κ2) is 5.36. The maximum Gasteiger partial charge on any atom is 0.0896 e. The van der Waals surface area contributed by atoms with E-state index in [0.717, 1.165) is 27.9 Å². The molecule has 2 aromatic heterocycles. The minimum absolute atomic E-state index is 0.160. The van der Waals surface area contributed by atoms with E-state index in [2.05, 4.69) is 21.5 Å². The molecule has 0 amide bonds. The number of hydrogen-bond acceptors (Lipinski definition) is 4. The number of nitrogens with zero attached hydrogens (tertiary/aromatic N) is 2. The van der Waals surface area contributed by atoms with Gasteiger partial charge in [-0.15, -0.1) is 0 Å². The highest BCUT2D eigenvalue weighted by Gasteiger charge is 2.14. The zero-order valence-electron chi connectivity index (χ0n) is 11.2.